The first-order valence-electron chi connectivity index (χ1n) is 12.2. The number of hydrogen-bond donors (Lipinski definition) is 3. The lowest BCUT2D eigenvalue weighted by Crippen LogP contribution is -2.37. The summed E-state index contributed by atoms with van der Waals surface area (Å²) in [6, 6.07) is 7.69. The minimum Gasteiger partial charge on any atom is -0.402 e. The van der Waals surface area contributed by atoms with Crippen molar-refractivity contribution in [1.82, 2.24) is 4.90 Å². The maximum absolute atomic E-state index is 8.69. The van der Waals surface area contributed by atoms with E-state index in [0.29, 0.717) is 39.6 Å². The van der Waals surface area contributed by atoms with Gasteiger partial charge in [-0.1, -0.05) is 45.0 Å². The summed E-state index contributed by atoms with van der Waals surface area (Å²) >= 11 is 0. The van der Waals surface area contributed by atoms with E-state index in [-0.39, 0.29) is 0 Å². The van der Waals surface area contributed by atoms with Crippen LogP contribution in [0.25, 0.3) is 0 Å². The standard InChI is InChI=1S/C27H42N6/c1-19(28)23(18-31-5)24(29)21-8-6-7-9-22(21)25(30)32-17-20-16-27(20)11-14-33(15-12-27)13-10-26(2,3)4/h6-9,18,20,29H,10-17,28H2,1-5H3,(H2,30,32). The Hall–Kier alpha value is -2.47. The van der Waals surface area contributed by atoms with E-state index in [1.807, 2.05) is 24.3 Å². The Bertz CT molecular complexity index is 938. The molecule has 1 saturated heterocycles. The summed E-state index contributed by atoms with van der Waals surface area (Å²) in [5.41, 5.74) is 16.3. The largest absolute Gasteiger partial charge is 0.402 e. The molecule has 0 aromatic heterocycles. The minimum absolute atomic E-state index is 0.319. The van der Waals surface area contributed by atoms with Crippen molar-refractivity contribution in [2.45, 2.75) is 53.4 Å². The second-order valence-electron chi connectivity index (χ2n) is 11.0. The fourth-order valence-corrected chi connectivity index (χ4v) is 4.87. The van der Waals surface area contributed by atoms with Crippen molar-refractivity contribution >= 4 is 17.8 Å². The van der Waals surface area contributed by atoms with Crippen molar-refractivity contribution in [2.75, 3.05) is 33.2 Å². The number of hydrogen-bond acceptors (Lipinski definition) is 5. The maximum atomic E-state index is 8.69. The summed E-state index contributed by atoms with van der Waals surface area (Å²) in [5, 5.41) is 8.69. The summed E-state index contributed by atoms with van der Waals surface area (Å²) in [6.07, 6.45) is 6.70. The van der Waals surface area contributed by atoms with Gasteiger partial charge in [-0.3, -0.25) is 15.4 Å². The average molecular weight is 451 g/mol. The Morgan fingerprint density at radius 2 is 1.82 bits per heavy atom. The van der Waals surface area contributed by atoms with Crippen molar-refractivity contribution in [3.63, 3.8) is 0 Å². The first kappa shape index (κ1) is 25.2. The van der Waals surface area contributed by atoms with Gasteiger partial charge in [0, 0.05) is 42.2 Å². The van der Waals surface area contributed by atoms with Gasteiger partial charge in [0.1, 0.15) is 5.84 Å². The molecule has 5 N–H and O–H groups in total. The first-order valence-corrected chi connectivity index (χ1v) is 12.2. The molecule has 1 heterocycles. The Morgan fingerprint density at radius 1 is 1.18 bits per heavy atom. The molecule has 1 saturated carbocycles. The van der Waals surface area contributed by atoms with Crippen LogP contribution >= 0.6 is 0 Å². The quantitative estimate of drug-likeness (QED) is 0.408. The van der Waals surface area contributed by atoms with Gasteiger partial charge in [-0.2, -0.15) is 0 Å². The van der Waals surface area contributed by atoms with Gasteiger partial charge in [0.05, 0.1) is 5.71 Å². The van der Waals surface area contributed by atoms with Crippen LogP contribution in [0.2, 0.25) is 0 Å². The molecule has 0 bridgehead atoms. The monoisotopic (exact) mass is 450 g/mol. The lowest BCUT2D eigenvalue weighted by Gasteiger charge is -2.34. The van der Waals surface area contributed by atoms with Gasteiger partial charge in [-0.05, 0) is 69.0 Å². The number of piperidine rings is 1. The number of rotatable bonds is 8. The molecule has 1 spiro atoms. The molecule has 0 amide bonds. The van der Waals surface area contributed by atoms with E-state index in [1.165, 1.54) is 45.3 Å². The molecule has 1 unspecified atom stereocenters. The normalized spacial score (nSPS) is 22.0. The van der Waals surface area contributed by atoms with Gasteiger partial charge in [0.25, 0.3) is 0 Å². The number of nitrogens with two attached hydrogens (primary N) is 2. The van der Waals surface area contributed by atoms with Crippen LogP contribution in [0.5, 0.6) is 0 Å². The van der Waals surface area contributed by atoms with Crippen LogP contribution in [-0.4, -0.2) is 55.9 Å². The van der Waals surface area contributed by atoms with E-state index in [1.54, 1.807) is 20.2 Å². The Balaban J connectivity index is 1.62. The SMILES string of the molecule is CN=CC(C(=N)c1ccccc1C(N)=NCC1CC12CCN(CCC(C)(C)C)CC2)=C(C)N. The third kappa shape index (κ3) is 6.32. The molecule has 1 aliphatic carbocycles. The molecule has 2 fully saturated rings. The van der Waals surface area contributed by atoms with Gasteiger partial charge in [-0.15, -0.1) is 0 Å². The lowest BCUT2D eigenvalue weighted by atomic mass is 9.88. The molecule has 6 nitrogen and oxygen atoms in total. The maximum Gasteiger partial charge on any atom is 0.126 e. The average Bonchev–Trinajstić information content (AvgIpc) is 3.45. The zero-order valence-corrected chi connectivity index (χ0v) is 21.1. The van der Waals surface area contributed by atoms with E-state index in [0.717, 1.165) is 17.7 Å². The highest BCUT2D eigenvalue weighted by Gasteiger charge is 2.54. The molecule has 6 heteroatoms. The van der Waals surface area contributed by atoms with Crippen molar-refractivity contribution in [1.29, 1.82) is 5.41 Å². The number of allylic oxidation sites excluding steroid dienone is 2. The molecular weight excluding hydrogens is 408 g/mol. The number of nitrogens with one attached hydrogen (secondary N) is 1. The second kappa shape index (κ2) is 10.2. The van der Waals surface area contributed by atoms with Gasteiger partial charge >= 0.3 is 0 Å². The molecule has 1 aliphatic heterocycles. The fourth-order valence-electron chi connectivity index (χ4n) is 4.87. The number of likely N-dealkylation sites (tertiary alicyclic amines) is 1. The Labute approximate surface area is 199 Å². The number of nitrogens with zero attached hydrogens (tertiary/aromatic N) is 3. The molecule has 1 aromatic carbocycles. The van der Waals surface area contributed by atoms with Gasteiger partial charge < -0.3 is 16.4 Å². The predicted octanol–water partition coefficient (Wildman–Crippen LogP) is 4.23. The van der Waals surface area contributed by atoms with Crippen LogP contribution in [0, 0.1) is 22.2 Å². The van der Waals surface area contributed by atoms with Crippen molar-refractivity contribution in [2.24, 2.45) is 38.2 Å². The molecule has 1 atom stereocenters. The van der Waals surface area contributed by atoms with E-state index < -0.39 is 0 Å². The van der Waals surface area contributed by atoms with Gasteiger partial charge in [0.15, 0.2) is 0 Å². The van der Waals surface area contributed by atoms with Crippen LogP contribution in [-0.2, 0) is 0 Å². The molecule has 1 aromatic rings. The third-order valence-electron chi connectivity index (χ3n) is 7.30. The summed E-state index contributed by atoms with van der Waals surface area (Å²) in [4.78, 5) is 11.5. The van der Waals surface area contributed by atoms with Crippen LogP contribution in [0.1, 0.15) is 64.5 Å². The van der Waals surface area contributed by atoms with E-state index >= 15 is 0 Å². The fraction of sp³-hybridized carbons (Fsp3) is 0.593. The number of aliphatic imine (C=N–C) groups is 2. The summed E-state index contributed by atoms with van der Waals surface area (Å²) in [6.45, 7) is 13.1. The Kier molecular flexibility index (Phi) is 7.78. The highest BCUT2D eigenvalue weighted by molar-refractivity contribution is 6.26. The molecular formula is C27H42N6. The minimum atomic E-state index is 0.319. The van der Waals surface area contributed by atoms with Gasteiger partial charge in [-0.25, -0.2) is 0 Å². The smallest absolute Gasteiger partial charge is 0.126 e. The first-order chi connectivity index (χ1) is 15.6. The van der Waals surface area contributed by atoms with E-state index in [9.17, 15) is 0 Å². The van der Waals surface area contributed by atoms with Crippen LogP contribution in [0.4, 0.5) is 0 Å². The van der Waals surface area contributed by atoms with Crippen LogP contribution < -0.4 is 11.5 Å². The van der Waals surface area contributed by atoms with Crippen molar-refractivity contribution < 1.29 is 0 Å². The topological polar surface area (TPSA) is 104 Å². The molecule has 2 aliphatic rings. The highest BCUT2D eigenvalue weighted by atomic mass is 15.1. The highest BCUT2D eigenvalue weighted by Crippen LogP contribution is 2.59. The Morgan fingerprint density at radius 3 is 2.39 bits per heavy atom. The summed E-state index contributed by atoms with van der Waals surface area (Å²) in [5.74, 6) is 1.13. The van der Waals surface area contributed by atoms with Crippen LogP contribution in [0.3, 0.4) is 0 Å². The second-order valence-corrected chi connectivity index (χ2v) is 11.0. The number of amidine groups is 1. The van der Waals surface area contributed by atoms with Crippen molar-refractivity contribution in [3.05, 3.63) is 46.7 Å². The van der Waals surface area contributed by atoms with E-state index in [2.05, 4.69) is 30.7 Å². The zero-order valence-electron chi connectivity index (χ0n) is 21.1. The van der Waals surface area contributed by atoms with Crippen molar-refractivity contribution in [3.8, 4) is 0 Å². The summed E-state index contributed by atoms with van der Waals surface area (Å²) in [7, 11) is 1.68. The number of benzene rings is 1. The lowest BCUT2D eigenvalue weighted by molar-refractivity contribution is 0.146. The molecule has 3 rings (SSSR count). The third-order valence-corrected chi connectivity index (χ3v) is 7.30. The predicted molar refractivity (Wildman–Crippen MR) is 140 cm³/mol. The zero-order chi connectivity index (χ0) is 24.2. The van der Waals surface area contributed by atoms with E-state index in [4.69, 9.17) is 21.9 Å². The molecule has 33 heavy (non-hydrogen) atoms. The summed E-state index contributed by atoms with van der Waals surface area (Å²) < 4.78 is 0. The molecule has 0 radical (unpaired) electrons. The van der Waals surface area contributed by atoms with Crippen LogP contribution in [0.15, 0.2) is 45.5 Å². The molecule has 180 valence electrons. The van der Waals surface area contributed by atoms with Gasteiger partial charge in [0.2, 0.25) is 0 Å².